The van der Waals surface area contributed by atoms with E-state index in [-0.39, 0.29) is 0 Å². The normalized spacial score (nSPS) is 19.4. The van der Waals surface area contributed by atoms with E-state index in [4.69, 9.17) is 0 Å². The predicted octanol–water partition coefficient (Wildman–Crippen LogP) is -0.173. The van der Waals surface area contributed by atoms with Gasteiger partial charge in [-0.1, -0.05) is 6.08 Å². The topological polar surface area (TPSA) is 26.3 Å². The third-order valence-corrected chi connectivity index (χ3v) is 0.931. The first kappa shape index (κ1) is 4.50. The van der Waals surface area contributed by atoms with E-state index in [1.807, 2.05) is 6.20 Å². The molecule has 0 aliphatic carbocycles. The predicted molar refractivity (Wildman–Crippen MR) is 26.6 cm³/mol. The second kappa shape index (κ2) is 2.50. The number of hydrogen-bond acceptors (Lipinski definition) is 1. The summed E-state index contributed by atoms with van der Waals surface area (Å²) in [6.45, 7) is 1.02. The lowest BCUT2D eigenvalue weighted by Gasteiger charge is -1.75. The lowest BCUT2D eigenvalue weighted by molar-refractivity contribution is -0.528. The standard InChI is InChI=1S/C5H8N2/c1-2-4-6-7-5-3-1/h2,4H,1,3,5H2/p+1. The maximum absolute atomic E-state index is 3.84. The van der Waals surface area contributed by atoms with E-state index >= 15 is 0 Å². The van der Waals surface area contributed by atoms with Crippen molar-refractivity contribution in [2.45, 2.75) is 12.8 Å². The summed E-state index contributed by atoms with van der Waals surface area (Å²) in [5.41, 5.74) is 0. The average molecular weight is 97.1 g/mol. The van der Waals surface area contributed by atoms with Crippen LogP contribution in [-0.4, -0.2) is 6.54 Å². The zero-order valence-corrected chi connectivity index (χ0v) is 4.22. The molecule has 0 saturated carbocycles. The van der Waals surface area contributed by atoms with Crippen LogP contribution in [0.25, 0.3) is 0 Å². The van der Waals surface area contributed by atoms with Crippen LogP contribution in [0.3, 0.4) is 0 Å². The summed E-state index contributed by atoms with van der Waals surface area (Å²) in [5, 5.41) is 6.73. The summed E-state index contributed by atoms with van der Waals surface area (Å²) in [6, 6.07) is 0. The summed E-state index contributed by atoms with van der Waals surface area (Å²) in [5.74, 6) is 0. The Bertz CT molecular complexity index is 82.3. The van der Waals surface area contributed by atoms with Crippen LogP contribution in [0.15, 0.2) is 17.4 Å². The Morgan fingerprint density at radius 3 is 3.57 bits per heavy atom. The van der Waals surface area contributed by atoms with Gasteiger partial charge in [-0.05, 0) is 11.5 Å². The number of azo groups is 1. The van der Waals surface area contributed by atoms with Crippen molar-refractivity contribution in [3.8, 4) is 0 Å². The number of rotatable bonds is 0. The monoisotopic (exact) mass is 97.1 g/mol. The molecular formula is C5H9N2+. The second-order valence-corrected chi connectivity index (χ2v) is 1.56. The molecule has 0 radical (unpaired) electrons. The molecule has 0 aromatic heterocycles. The molecule has 0 fully saturated rings. The minimum absolute atomic E-state index is 1.02. The van der Waals surface area contributed by atoms with Gasteiger partial charge in [-0.15, -0.1) is 5.11 Å². The third-order valence-electron chi connectivity index (χ3n) is 0.931. The van der Waals surface area contributed by atoms with E-state index in [2.05, 4.69) is 16.3 Å². The Balaban J connectivity index is 2.39. The first-order valence-corrected chi connectivity index (χ1v) is 2.58. The molecule has 2 heteroatoms. The molecule has 7 heavy (non-hydrogen) atoms. The highest BCUT2D eigenvalue weighted by molar-refractivity contribution is 4.76. The van der Waals surface area contributed by atoms with Crippen LogP contribution in [0.4, 0.5) is 0 Å². The van der Waals surface area contributed by atoms with E-state index < -0.39 is 0 Å². The van der Waals surface area contributed by atoms with Gasteiger partial charge >= 0.3 is 0 Å². The fraction of sp³-hybridized carbons (Fsp3) is 0.600. The first-order valence-electron chi connectivity index (χ1n) is 2.58. The summed E-state index contributed by atoms with van der Waals surface area (Å²) in [6.07, 6.45) is 6.25. The molecule has 0 atom stereocenters. The van der Waals surface area contributed by atoms with Crippen LogP contribution < -0.4 is 5.11 Å². The number of allylic oxidation sites excluding steroid dienone is 1. The SMILES string of the molecule is C1=CN=[NH+]CCC1. The van der Waals surface area contributed by atoms with E-state index in [0.29, 0.717) is 0 Å². The van der Waals surface area contributed by atoms with E-state index in [0.717, 1.165) is 13.0 Å². The molecular weight excluding hydrogens is 88.1 g/mol. The minimum atomic E-state index is 1.02. The van der Waals surface area contributed by atoms with Crippen molar-refractivity contribution in [2.75, 3.05) is 6.54 Å². The molecule has 0 aromatic rings. The zero-order chi connectivity index (χ0) is 4.95. The van der Waals surface area contributed by atoms with Crippen LogP contribution in [-0.2, 0) is 0 Å². The number of nitrogens with zero attached hydrogens (tertiary/aromatic N) is 1. The Morgan fingerprint density at radius 1 is 1.57 bits per heavy atom. The molecule has 0 aromatic carbocycles. The molecule has 1 N–H and O–H groups in total. The summed E-state index contributed by atoms with van der Waals surface area (Å²) < 4.78 is 0. The zero-order valence-electron chi connectivity index (χ0n) is 4.22. The van der Waals surface area contributed by atoms with Crippen molar-refractivity contribution in [1.82, 2.24) is 0 Å². The van der Waals surface area contributed by atoms with E-state index in [1.54, 1.807) is 0 Å². The van der Waals surface area contributed by atoms with E-state index in [1.165, 1.54) is 6.42 Å². The Hall–Kier alpha value is -0.660. The molecule has 38 valence electrons. The van der Waals surface area contributed by atoms with Gasteiger partial charge in [0, 0.05) is 6.42 Å². The van der Waals surface area contributed by atoms with Gasteiger partial charge < -0.3 is 0 Å². The fourth-order valence-electron chi connectivity index (χ4n) is 0.543. The van der Waals surface area contributed by atoms with Gasteiger partial charge in [0.05, 0.1) is 6.20 Å². The lowest BCUT2D eigenvalue weighted by atomic mass is 10.3. The second-order valence-electron chi connectivity index (χ2n) is 1.56. The van der Waals surface area contributed by atoms with Crippen LogP contribution in [0.2, 0.25) is 0 Å². The van der Waals surface area contributed by atoms with Crippen LogP contribution in [0.1, 0.15) is 12.8 Å². The number of nitrogens with one attached hydrogen (secondary N) is 1. The molecule has 0 unspecified atom stereocenters. The number of hydrogen-bond donors (Lipinski definition) is 1. The molecule has 0 saturated heterocycles. The average Bonchev–Trinajstić information content (AvgIpc) is 1.90. The molecule has 0 spiro atoms. The third kappa shape index (κ3) is 1.48. The maximum Gasteiger partial charge on any atom is 0.166 e. The van der Waals surface area contributed by atoms with Gasteiger partial charge in [0.2, 0.25) is 0 Å². The summed E-state index contributed by atoms with van der Waals surface area (Å²) >= 11 is 0. The van der Waals surface area contributed by atoms with Crippen LogP contribution in [0, 0.1) is 0 Å². The van der Waals surface area contributed by atoms with Crippen molar-refractivity contribution in [3.05, 3.63) is 12.3 Å². The van der Waals surface area contributed by atoms with Gasteiger partial charge in [-0.3, -0.25) is 0 Å². The van der Waals surface area contributed by atoms with Gasteiger partial charge in [-0.2, -0.15) is 0 Å². The molecule has 1 aliphatic rings. The lowest BCUT2D eigenvalue weighted by Crippen LogP contribution is -2.64. The smallest absolute Gasteiger partial charge is 0.137 e. The molecule has 0 bridgehead atoms. The van der Waals surface area contributed by atoms with Crippen LogP contribution in [0.5, 0.6) is 0 Å². The van der Waals surface area contributed by atoms with Gasteiger partial charge in [-0.25, -0.2) is 0 Å². The van der Waals surface area contributed by atoms with E-state index in [9.17, 15) is 0 Å². The Morgan fingerprint density at radius 2 is 2.57 bits per heavy atom. The largest absolute Gasteiger partial charge is 0.166 e. The molecule has 0 amide bonds. The minimum Gasteiger partial charge on any atom is -0.137 e. The fourth-order valence-corrected chi connectivity index (χ4v) is 0.543. The first-order chi connectivity index (χ1) is 3.50. The van der Waals surface area contributed by atoms with Crippen molar-refractivity contribution >= 4 is 0 Å². The van der Waals surface area contributed by atoms with Crippen LogP contribution >= 0.6 is 0 Å². The molecule has 1 aliphatic heterocycles. The Kier molecular flexibility index (Phi) is 1.61. The van der Waals surface area contributed by atoms with Gasteiger partial charge in [0.15, 0.2) is 6.54 Å². The highest BCUT2D eigenvalue weighted by Crippen LogP contribution is 1.87. The highest BCUT2D eigenvalue weighted by atomic mass is 15.1. The molecule has 2 nitrogen and oxygen atoms in total. The summed E-state index contributed by atoms with van der Waals surface area (Å²) in [4.78, 5) is 0. The quantitative estimate of drug-likeness (QED) is 0.434. The van der Waals surface area contributed by atoms with Gasteiger partial charge in [0.1, 0.15) is 0 Å². The van der Waals surface area contributed by atoms with Crippen molar-refractivity contribution in [1.29, 1.82) is 0 Å². The maximum atomic E-state index is 3.84. The highest BCUT2D eigenvalue weighted by Gasteiger charge is 1.88. The van der Waals surface area contributed by atoms with Crippen molar-refractivity contribution in [3.63, 3.8) is 0 Å². The summed E-state index contributed by atoms with van der Waals surface area (Å²) in [7, 11) is 0. The van der Waals surface area contributed by atoms with Crippen molar-refractivity contribution < 1.29 is 5.11 Å². The molecule has 1 heterocycles. The molecule has 1 rings (SSSR count). The van der Waals surface area contributed by atoms with Crippen molar-refractivity contribution in [2.24, 2.45) is 5.11 Å². The Labute approximate surface area is 43.0 Å². The van der Waals surface area contributed by atoms with Gasteiger partial charge in [0.25, 0.3) is 0 Å².